The van der Waals surface area contributed by atoms with Crippen LogP contribution in [0.3, 0.4) is 0 Å². The van der Waals surface area contributed by atoms with Gasteiger partial charge in [-0.2, -0.15) is 0 Å². The summed E-state index contributed by atoms with van der Waals surface area (Å²) in [6.07, 6.45) is 59.4. The van der Waals surface area contributed by atoms with Crippen LogP contribution in [0.5, 0.6) is 0 Å². The van der Waals surface area contributed by atoms with Gasteiger partial charge in [0.25, 0.3) is 0 Å². The van der Waals surface area contributed by atoms with Gasteiger partial charge in [-0.3, -0.25) is 37.3 Å². The third kappa shape index (κ3) is 70.5. The highest BCUT2D eigenvalue weighted by Crippen LogP contribution is 2.45. The minimum Gasteiger partial charge on any atom is -0.462 e. The second kappa shape index (κ2) is 70.1. The molecule has 0 aliphatic carbocycles. The van der Waals surface area contributed by atoms with Crippen molar-refractivity contribution in [1.29, 1.82) is 0 Å². The van der Waals surface area contributed by atoms with Gasteiger partial charge in [0.2, 0.25) is 0 Å². The van der Waals surface area contributed by atoms with Crippen molar-refractivity contribution in [2.45, 2.75) is 425 Å². The topological polar surface area (TPSA) is 237 Å². The van der Waals surface area contributed by atoms with E-state index in [2.05, 4.69) is 34.6 Å². The Morgan fingerprint density at radius 3 is 0.708 bits per heavy atom. The first kappa shape index (κ1) is 94.1. The molecule has 96 heavy (non-hydrogen) atoms. The van der Waals surface area contributed by atoms with Crippen molar-refractivity contribution < 1.29 is 80.2 Å². The molecular weight excluding hydrogens is 1260 g/mol. The molecule has 0 fully saturated rings. The van der Waals surface area contributed by atoms with Crippen molar-refractivity contribution in [1.82, 2.24) is 0 Å². The van der Waals surface area contributed by atoms with E-state index in [1.54, 1.807) is 0 Å². The van der Waals surface area contributed by atoms with E-state index in [-0.39, 0.29) is 25.7 Å². The largest absolute Gasteiger partial charge is 0.472 e. The number of rotatable bonds is 77. The lowest BCUT2D eigenvalue weighted by Gasteiger charge is -2.21. The maximum absolute atomic E-state index is 13.1. The standard InChI is InChI=1S/C77H150O17P2/c1-6-9-12-15-18-21-24-26-27-28-32-36-41-46-51-56-61-75(80)88-67-73(94-77(82)63-58-53-48-43-38-33-29-31-35-39-44-49-54-59-70(4)5)69-92-96(85,86)90-65-71(78)64-89-95(83,84)91-68-72(66-87-74(79)60-55-50-45-40-34-23-20-17-14-11-8-3)93-76(81)62-57-52-47-42-37-30-25-22-19-16-13-10-7-2/h70-73,78H,6-69H2,1-5H3,(H,83,84)(H,85,86)/t71-,72+,73+/m0/s1. The Morgan fingerprint density at radius 2 is 0.479 bits per heavy atom. The van der Waals surface area contributed by atoms with Crippen LogP contribution in [0.15, 0.2) is 0 Å². The average Bonchev–Trinajstić information content (AvgIpc) is 2.69. The number of esters is 4. The first-order chi connectivity index (χ1) is 46.5. The van der Waals surface area contributed by atoms with E-state index in [0.717, 1.165) is 95.8 Å². The van der Waals surface area contributed by atoms with Crippen LogP contribution in [0.25, 0.3) is 0 Å². The first-order valence-corrected chi connectivity index (χ1v) is 43.1. The lowest BCUT2D eigenvalue weighted by atomic mass is 10.0. The van der Waals surface area contributed by atoms with E-state index in [0.29, 0.717) is 25.7 Å². The Bertz CT molecular complexity index is 1840. The van der Waals surface area contributed by atoms with E-state index in [1.165, 1.54) is 231 Å². The van der Waals surface area contributed by atoms with E-state index < -0.39 is 97.5 Å². The highest BCUT2D eigenvalue weighted by molar-refractivity contribution is 7.47. The Morgan fingerprint density at radius 1 is 0.281 bits per heavy atom. The summed E-state index contributed by atoms with van der Waals surface area (Å²) in [6, 6.07) is 0. The van der Waals surface area contributed by atoms with Crippen LogP contribution < -0.4 is 0 Å². The molecule has 0 radical (unpaired) electrons. The molecule has 0 aromatic heterocycles. The molecule has 2 unspecified atom stereocenters. The summed E-state index contributed by atoms with van der Waals surface area (Å²) in [5.41, 5.74) is 0. The number of phosphoric ester groups is 2. The highest BCUT2D eigenvalue weighted by atomic mass is 31.2. The van der Waals surface area contributed by atoms with Gasteiger partial charge in [-0.25, -0.2) is 9.13 Å². The maximum Gasteiger partial charge on any atom is 0.472 e. The van der Waals surface area contributed by atoms with Crippen LogP contribution in [-0.4, -0.2) is 96.7 Å². The van der Waals surface area contributed by atoms with Gasteiger partial charge in [-0.15, -0.1) is 0 Å². The molecule has 3 N–H and O–H groups in total. The fraction of sp³-hybridized carbons (Fsp3) is 0.948. The second-order valence-electron chi connectivity index (χ2n) is 28.2. The molecule has 17 nitrogen and oxygen atoms in total. The zero-order chi connectivity index (χ0) is 70.5. The fourth-order valence-electron chi connectivity index (χ4n) is 11.9. The van der Waals surface area contributed by atoms with Crippen LogP contribution in [-0.2, 0) is 65.4 Å². The molecule has 0 rings (SSSR count). The van der Waals surface area contributed by atoms with Crippen LogP contribution in [0.2, 0.25) is 0 Å². The normalized spacial score (nSPS) is 13.9. The molecule has 0 saturated carbocycles. The Labute approximate surface area is 588 Å². The van der Waals surface area contributed by atoms with Gasteiger partial charge in [0, 0.05) is 25.7 Å². The predicted octanol–water partition coefficient (Wildman–Crippen LogP) is 22.9. The molecule has 0 aromatic rings. The number of ether oxygens (including phenoxy) is 4. The molecular formula is C77H150O17P2. The van der Waals surface area contributed by atoms with Gasteiger partial charge in [0.1, 0.15) is 19.3 Å². The number of hydrogen-bond acceptors (Lipinski definition) is 15. The summed E-state index contributed by atoms with van der Waals surface area (Å²) >= 11 is 0. The first-order valence-electron chi connectivity index (χ1n) is 40.1. The summed E-state index contributed by atoms with van der Waals surface area (Å²) in [6.45, 7) is 7.32. The van der Waals surface area contributed by atoms with Crippen LogP contribution in [0.1, 0.15) is 407 Å². The van der Waals surface area contributed by atoms with E-state index in [4.69, 9.17) is 37.0 Å². The van der Waals surface area contributed by atoms with Gasteiger partial charge in [-0.05, 0) is 31.6 Å². The third-order valence-electron chi connectivity index (χ3n) is 18.0. The fourth-order valence-corrected chi connectivity index (χ4v) is 13.5. The lowest BCUT2D eigenvalue weighted by molar-refractivity contribution is -0.161. The minimum atomic E-state index is -4.96. The van der Waals surface area contributed by atoms with Crippen LogP contribution in [0, 0.1) is 5.92 Å². The average molecular weight is 1410 g/mol. The monoisotopic (exact) mass is 1410 g/mol. The zero-order valence-electron chi connectivity index (χ0n) is 62.5. The van der Waals surface area contributed by atoms with E-state index >= 15 is 0 Å². The summed E-state index contributed by atoms with van der Waals surface area (Å²) in [4.78, 5) is 72.9. The molecule has 0 heterocycles. The number of aliphatic hydroxyl groups is 1. The Balaban J connectivity index is 5.25. The zero-order valence-corrected chi connectivity index (χ0v) is 64.3. The van der Waals surface area contributed by atoms with Crippen LogP contribution >= 0.6 is 15.6 Å². The third-order valence-corrected chi connectivity index (χ3v) is 19.9. The molecule has 19 heteroatoms. The molecule has 0 saturated heterocycles. The SMILES string of the molecule is CCCCCCCCCCCCCCCCCCC(=O)OC[C@H](COP(=O)(O)OC[C@@H](O)COP(=O)(O)OC[C@@H](COC(=O)CCCCCCCCCCCCC)OC(=O)CCCCCCCCCCCCCCC)OC(=O)CCCCCCCCCCCCCCCC(C)C. The van der Waals surface area contributed by atoms with Crippen molar-refractivity contribution in [2.75, 3.05) is 39.6 Å². The Hall–Kier alpha value is -1.94. The van der Waals surface area contributed by atoms with Gasteiger partial charge in [0.15, 0.2) is 12.2 Å². The smallest absolute Gasteiger partial charge is 0.462 e. The number of aliphatic hydroxyl groups excluding tert-OH is 1. The quantitative estimate of drug-likeness (QED) is 0.0222. The van der Waals surface area contributed by atoms with E-state index in [1.807, 2.05) is 0 Å². The number of hydrogen-bond donors (Lipinski definition) is 3. The number of phosphoric acid groups is 2. The van der Waals surface area contributed by atoms with E-state index in [9.17, 15) is 43.2 Å². The summed E-state index contributed by atoms with van der Waals surface area (Å²) in [5, 5.41) is 10.6. The molecule has 0 amide bonds. The molecule has 0 bridgehead atoms. The summed E-state index contributed by atoms with van der Waals surface area (Å²) < 4.78 is 68.6. The molecule has 0 aliphatic rings. The number of unbranched alkanes of at least 4 members (excludes halogenated alkanes) is 49. The number of carbonyl (C=O) groups excluding carboxylic acids is 4. The van der Waals surface area contributed by atoms with Crippen LogP contribution in [0.4, 0.5) is 0 Å². The summed E-state index contributed by atoms with van der Waals surface area (Å²) in [7, 11) is -9.91. The van der Waals surface area contributed by atoms with Crippen molar-refractivity contribution in [3.05, 3.63) is 0 Å². The summed E-state index contributed by atoms with van der Waals surface area (Å²) in [5.74, 6) is -1.32. The van der Waals surface area contributed by atoms with Gasteiger partial charge in [-0.1, -0.05) is 356 Å². The molecule has 5 atom stereocenters. The van der Waals surface area contributed by atoms with Crippen molar-refractivity contribution in [2.24, 2.45) is 5.92 Å². The molecule has 0 aromatic carbocycles. The van der Waals surface area contributed by atoms with Gasteiger partial charge < -0.3 is 33.8 Å². The maximum atomic E-state index is 13.1. The van der Waals surface area contributed by atoms with Crippen molar-refractivity contribution in [3.63, 3.8) is 0 Å². The van der Waals surface area contributed by atoms with Gasteiger partial charge in [0.05, 0.1) is 26.4 Å². The molecule has 570 valence electrons. The van der Waals surface area contributed by atoms with Crippen molar-refractivity contribution in [3.8, 4) is 0 Å². The second-order valence-corrected chi connectivity index (χ2v) is 31.1. The Kier molecular flexibility index (Phi) is 68.7. The van der Waals surface area contributed by atoms with Gasteiger partial charge >= 0.3 is 39.5 Å². The molecule has 0 spiro atoms. The number of carbonyl (C=O) groups is 4. The minimum absolute atomic E-state index is 0.108. The molecule has 0 aliphatic heterocycles. The highest BCUT2D eigenvalue weighted by Gasteiger charge is 2.30. The lowest BCUT2D eigenvalue weighted by Crippen LogP contribution is -2.30. The van der Waals surface area contributed by atoms with Crippen molar-refractivity contribution >= 4 is 39.5 Å². The predicted molar refractivity (Wildman–Crippen MR) is 391 cm³/mol.